The summed E-state index contributed by atoms with van der Waals surface area (Å²) in [4.78, 5) is 80.0. The Labute approximate surface area is 285 Å². The molecule has 3 unspecified atom stereocenters. The Hall–Kier alpha value is -0.248. The Morgan fingerprint density at radius 1 is 1.07 bits per heavy atom. The summed E-state index contributed by atoms with van der Waals surface area (Å²) < 4.78 is 50.1. The molecule has 1 amide bonds. The number of aromatic amines is 1. The number of nitrogens with zero attached hydrogens (tertiary/aromatic N) is 1. The second-order valence-electron chi connectivity index (χ2n) is 8.26. The van der Waals surface area contributed by atoms with Crippen molar-refractivity contribution in [3.8, 4) is 11.8 Å². The number of carbonyl (C=O) groups excluding carboxylic acids is 1. The number of unbranched alkanes of at least 4 members (excludes halogenated alkanes) is 2. The zero-order valence-electron chi connectivity index (χ0n) is 23.9. The zero-order valence-corrected chi connectivity index (χ0v) is 26.5. The predicted molar refractivity (Wildman–Crippen MR) is 128 cm³/mol. The van der Waals surface area contributed by atoms with Crippen LogP contribution in [0.4, 0.5) is 0 Å². The van der Waals surface area contributed by atoms with Crippen molar-refractivity contribution in [2.75, 3.05) is 19.7 Å². The van der Waals surface area contributed by atoms with Crippen molar-refractivity contribution < 1.29 is 123 Å². The molecule has 0 radical (unpaired) electrons. The number of nitrogens with two attached hydrogens (primary N) is 1. The third kappa shape index (κ3) is 15.6. The average Bonchev–Trinajstić information content (AvgIpc) is 3.10. The van der Waals surface area contributed by atoms with E-state index in [4.69, 9.17) is 15.4 Å². The SMILES string of the molecule is NCCCCCC(=O)NCC#Cc1cn([C@@H]2O[C@H](COP(=O)([O-])OP(=O)([O-])OP(=O)([O-])O)[C@@H](O)[C@H]2O)c(=O)[nH]c1=O.[Li+].[Li+].[Li+]. The van der Waals surface area contributed by atoms with E-state index in [0.717, 1.165) is 19.0 Å². The minimum absolute atomic E-state index is 0. The smallest absolute Gasteiger partial charge is 0.756 e. The van der Waals surface area contributed by atoms with Crippen LogP contribution in [0.1, 0.15) is 37.5 Å². The van der Waals surface area contributed by atoms with Crippen molar-refractivity contribution in [1.82, 2.24) is 14.9 Å². The van der Waals surface area contributed by atoms with E-state index in [2.05, 4.69) is 30.3 Å². The summed E-state index contributed by atoms with van der Waals surface area (Å²) in [6.07, 6.45) is -4.04. The second kappa shape index (κ2) is 20.2. The molecule has 1 aliphatic heterocycles. The first-order valence-corrected chi connectivity index (χ1v) is 15.9. The summed E-state index contributed by atoms with van der Waals surface area (Å²) in [6, 6.07) is 0. The van der Waals surface area contributed by atoms with Crippen LogP contribution in [-0.2, 0) is 36.4 Å². The molecule has 1 aliphatic rings. The number of H-pyrrole nitrogens is 1. The summed E-state index contributed by atoms with van der Waals surface area (Å²) in [5.74, 6) is 4.65. The van der Waals surface area contributed by atoms with Gasteiger partial charge in [-0.25, -0.2) is 13.4 Å². The van der Waals surface area contributed by atoms with E-state index in [1.165, 1.54) is 0 Å². The number of ether oxygens (including phenoxy) is 1. The molecule has 0 spiro atoms. The van der Waals surface area contributed by atoms with E-state index in [1.807, 2.05) is 4.98 Å². The minimum atomic E-state index is -6.17. The zero-order chi connectivity index (χ0) is 31.0. The van der Waals surface area contributed by atoms with Crippen molar-refractivity contribution in [3.63, 3.8) is 0 Å². The van der Waals surface area contributed by atoms with Crippen LogP contribution < -0.4 is 93.6 Å². The Balaban J connectivity index is 0. The molecular formula is C18H26Li3N4O16P3. The van der Waals surface area contributed by atoms with Gasteiger partial charge in [-0.15, -0.1) is 0 Å². The van der Waals surface area contributed by atoms with Crippen LogP contribution in [0.5, 0.6) is 0 Å². The van der Waals surface area contributed by atoms with Gasteiger partial charge in [0.1, 0.15) is 23.9 Å². The minimum Gasteiger partial charge on any atom is -0.756 e. The van der Waals surface area contributed by atoms with Gasteiger partial charge in [0.25, 0.3) is 29.0 Å². The van der Waals surface area contributed by atoms with E-state index in [1.54, 1.807) is 0 Å². The summed E-state index contributed by atoms with van der Waals surface area (Å²) in [5, 5.41) is 23.0. The third-order valence-corrected chi connectivity index (χ3v) is 8.77. The summed E-state index contributed by atoms with van der Waals surface area (Å²) in [6.45, 7) is -0.847. The fourth-order valence-electron chi connectivity index (χ4n) is 3.29. The van der Waals surface area contributed by atoms with Crippen LogP contribution in [0.15, 0.2) is 15.8 Å². The first kappa shape index (κ1) is 45.9. The summed E-state index contributed by atoms with van der Waals surface area (Å²) in [5.41, 5.74) is 3.01. The number of amides is 1. The van der Waals surface area contributed by atoms with Gasteiger partial charge < -0.3 is 50.1 Å². The Kier molecular flexibility index (Phi) is 21.1. The molecule has 2 heterocycles. The number of hydrogen-bond donors (Lipinski definition) is 6. The van der Waals surface area contributed by atoms with Gasteiger partial charge in [0.2, 0.25) is 5.91 Å². The van der Waals surface area contributed by atoms with Crippen LogP contribution in [0.2, 0.25) is 0 Å². The number of phosphoric acid groups is 3. The van der Waals surface area contributed by atoms with Crippen molar-refractivity contribution in [3.05, 3.63) is 32.6 Å². The van der Waals surface area contributed by atoms with Crippen LogP contribution in [-0.4, -0.2) is 68.6 Å². The normalized spacial score (nSPS) is 23.2. The molecular weight excluding hydrogens is 642 g/mol. The molecule has 1 saturated heterocycles. The maximum Gasteiger partial charge on any atom is 1.00 e. The number of phosphoric ester groups is 1. The number of carbonyl (C=O) groups is 1. The largest absolute Gasteiger partial charge is 1.00 e. The molecule has 7 N–H and O–H groups in total. The summed E-state index contributed by atoms with van der Waals surface area (Å²) >= 11 is 0. The number of aromatic nitrogens is 2. The van der Waals surface area contributed by atoms with Gasteiger partial charge in [0.15, 0.2) is 6.23 Å². The van der Waals surface area contributed by atoms with Gasteiger partial charge in [0.05, 0.1) is 13.2 Å². The Bertz CT molecular complexity index is 1410. The fourth-order valence-corrected chi connectivity index (χ4v) is 6.19. The molecule has 2 rings (SSSR count). The maximum absolute atomic E-state index is 12.3. The second-order valence-corrected chi connectivity index (χ2v) is 12.5. The van der Waals surface area contributed by atoms with Crippen LogP contribution in [0.3, 0.4) is 0 Å². The van der Waals surface area contributed by atoms with Gasteiger partial charge >= 0.3 is 62.3 Å². The molecule has 26 heteroatoms. The number of aliphatic hydroxyl groups is 2. The van der Waals surface area contributed by atoms with Gasteiger partial charge in [-0.2, -0.15) is 0 Å². The molecule has 0 aliphatic carbocycles. The van der Waals surface area contributed by atoms with E-state index >= 15 is 0 Å². The maximum atomic E-state index is 12.3. The van der Waals surface area contributed by atoms with Crippen LogP contribution in [0, 0.1) is 11.8 Å². The number of nitrogens with one attached hydrogen (secondary N) is 2. The molecule has 0 aromatic carbocycles. The standard InChI is InChI=1S/C18H29N4O16P3.3Li/c19-7-3-1-2-6-13(23)20-8-4-5-11-9-22(18(27)21-16(11)26)17-15(25)14(24)12(36-17)10-35-40(31,32)38-41(33,34)37-39(28,29)30;;;/h9,12,14-15,17,24-25H,1-3,6-8,10,19H2,(H,20,23)(H,31,32)(H,33,34)(H,21,26,27)(H2,28,29,30);;;/q;3*+1/p-3/t12-,14-,15-,17-;;;/m1.../s1. The number of aliphatic hydroxyl groups excluding tert-OH is 2. The van der Waals surface area contributed by atoms with Gasteiger partial charge in [0, 0.05) is 12.6 Å². The van der Waals surface area contributed by atoms with Crippen LogP contribution in [0.25, 0.3) is 0 Å². The molecule has 232 valence electrons. The van der Waals surface area contributed by atoms with Crippen molar-refractivity contribution in [1.29, 1.82) is 0 Å². The molecule has 0 bridgehead atoms. The van der Waals surface area contributed by atoms with Crippen molar-refractivity contribution in [2.45, 2.75) is 50.2 Å². The fraction of sp³-hybridized carbons (Fsp3) is 0.611. The molecule has 44 heavy (non-hydrogen) atoms. The van der Waals surface area contributed by atoms with E-state index in [0.29, 0.717) is 17.5 Å². The van der Waals surface area contributed by atoms with E-state index in [-0.39, 0.29) is 81.0 Å². The summed E-state index contributed by atoms with van der Waals surface area (Å²) in [7, 11) is -18.0. The topological polar surface area (TPSA) is 328 Å². The molecule has 1 aromatic rings. The van der Waals surface area contributed by atoms with Gasteiger partial charge in [-0.3, -0.25) is 32.8 Å². The predicted octanol–water partition coefficient (Wildman–Crippen LogP) is -13.4. The first-order valence-electron chi connectivity index (χ1n) is 11.5. The monoisotopic (exact) mass is 668 g/mol. The molecule has 20 nitrogen and oxygen atoms in total. The van der Waals surface area contributed by atoms with Crippen LogP contribution >= 0.6 is 23.5 Å². The molecule has 7 atom stereocenters. The van der Waals surface area contributed by atoms with E-state index in [9.17, 15) is 53.0 Å². The first-order chi connectivity index (χ1) is 18.9. The number of hydrogen-bond acceptors (Lipinski definition) is 16. The Morgan fingerprint density at radius 2 is 1.70 bits per heavy atom. The molecule has 0 saturated carbocycles. The van der Waals surface area contributed by atoms with E-state index < -0.39 is 65.9 Å². The van der Waals surface area contributed by atoms with Crippen molar-refractivity contribution >= 4 is 29.4 Å². The Morgan fingerprint density at radius 3 is 2.30 bits per heavy atom. The number of rotatable bonds is 14. The average molecular weight is 668 g/mol. The quantitative estimate of drug-likeness (QED) is 0.0464. The van der Waals surface area contributed by atoms with Gasteiger partial charge in [-0.1, -0.05) is 18.3 Å². The molecule has 1 aromatic heterocycles. The molecule has 1 fully saturated rings. The van der Waals surface area contributed by atoms with Gasteiger partial charge in [-0.05, 0) is 19.4 Å². The third-order valence-electron chi connectivity index (χ3n) is 5.08. The van der Waals surface area contributed by atoms with Crippen molar-refractivity contribution in [2.24, 2.45) is 5.73 Å².